The lowest BCUT2D eigenvalue weighted by atomic mass is 10.0. The fourth-order valence-corrected chi connectivity index (χ4v) is 2.66. The Balaban J connectivity index is 1.73. The smallest absolute Gasteiger partial charge is 0.315 e. The first-order chi connectivity index (χ1) is 9.98. The summed E-state index contributed by atoms with van der Waals surface area (Å²) in [6.45, 7) is 7.01. The number of para-hydroxylation sites is 1. The maximum Gasteiger partial charge on any atom is 0.315 e. The third-order valence-electron chi connectivity index (χ3n) is 3.88. The van der Waals surface area contributed by atoms with E-state index < -0.39 is 0 Å². The van der Waals surface area contributed by atoms with Crippen molar-refractivity contribution in [1.82, 2.24) is 10.6 Å². The van der Waals surface area contributed by atoms with Gasteiger partial charge in [0.1, 0.15) is 11.3 Å². The molecule has 0 spiro atoms. The summed E-state index contributed by atoms with van der Waals surface area (Å²) in [5.74, 6) is 0.793. The molecule has 1 aromatic heterocycles. The van der Waals surface area contributed by atoms with Gasteiger partial charge in [0.25, 0.3) is 0 Å². The number of nitrogens with one attached hydrogen (secondary N) is 2. The van der Waals surface area contributed by atoms with Gasteiger partial charge in [-0.15, -0.1) is 0 Å². The van der Waals surface area contributed by atoms with Crippen molar-refractivity contribution in [2.24, 2.45) is 0 Å². The summed E-state index contributed by atoms with van der Waals surface area (Å²) in [4.78, 5) is 12.0. The molecule has 0 aliphatic carbocycles. The number of aryl methyl sites for hydroxylation is 1. The van der Waals surface area contributed by atoms with Crippen LogP contribution in [0.25, 0.3) is 11.0 Å². The number of urea groups is 1. The third-order valence-corrected chi connectivity index (χ3v) is 3.88. The SMILES string of the molecule is Cc1c([C@@H](C)NC(=O)NC2(C)COC2)oc2ccccc12. The highest BCUT2D eigenvalue weighted by molar-refractivity contribution is 5.82. The van der Waals surface area contributed by atoms with E-state index in [-0.39, 0.29) is 17.6 Å². The van der Waals surface area contributed by atoms with Gasteiger partial charge in [-0.1, -0.05) is 18.2 Å². The molecule has 1 aliphatic rings. The molecule has 1 atom stereocenters. The van der Waals surface area contributed by atoms with E-state index in [2.05, 4.69) is 10.6 Å². The Hall–Kier alpha value is -2.01. The van der Waals surface area contributed by atoms with E-state index in [9.17, 15) is 4.79 Å². The maximum absolute atomic E-state index is 12.0. The standard InChI is InChI=1S/C16H20N2O3/c1-10-12-6-4-5-7-13(12)21-14(10)11(2)17-15(19)18-16(3)8-20-9-16/h4-7,11H,8-9H2,1-3H3,(H2,17,18,19)/t11-/m1/s1. The van der Waals surface area contributed by atoms with Gasteiger partial charge in [0.2, 0.25) is 0 Å². The zero-order chi connectivity index (χ0) is 15.0. The van der Waals surface area contributed by atoms with Crippen molar-refractivity contribution in [3.8, 4) is 0 Å². The number of carbonyl (C=O) groups excluding carboxylic acids is 1. The van der Waals surface area contributed by atoms with Gasteiger partial charge in [-0.05, 0) is 26.8 Å². The topological polar surface area (TPSA) is 63.5 Å². The first-order valence-corrected chi connectivity index (χ1v) is 7.13. The van der Waals surface area contributed by atoms with Crippen molar-refractivity contribution in [2.45, 2.75) is 32.4 Å². The number of rotatable bonds is 3. The molecule has 0 unspecified atom stereocenters. The summed E-state index contributed by atoms with van der Waals surface area (Å²) < 4.78 is 11.0. The van der Waals surface area contributed by atoms with E-state index in [0.717, 1.165) is 22.3 Å². The second-order valence-electron chi connectivity index (χ2n) is 5.96. The number of benzene rings is 1. The quantitative estimate of drug-likeness (QED) is 0.912. The summed E-state index contributed by atoms with van der Waals surface area (Å²) in [6, 6.07) is 7.49. The third kappa shape index (κ3) is 2.61. The lowest BCUT2D eigenvalue weighted by Gasteiger charge is -2.38. The van der Waals surface area contributed by atoms with Gasteiger partial charge in [-0.25, -0.2) is 4.79 Å². The monoisotopic (exact) mass is 288 g/mol. The summed E-state index contributed by atoms with van der Waals surface area (Å²) in [6.07, 6.45) is 0. The van der Waals surface area contributed by atoms with Gasteiger partial charge in [0, 0.05) is 10.9 Å². The molecule has 0 saturated carbocycles. The van der Waals surface area contributed by atoms with Gasteiger partial charge < -0.3 is 19.8 Å². The number of hydrogen-bond donors (Lipinski definition) is 2. The summed E-state index contributed by atoms with van der Waals surface area (Å²) in [7, 11) is 0. The molecule has 2 heterocycles. The second-order valence-corrected chi connectivity index (χ2v) is 5.96. The Labute approximate surface area is 123 Å². The maximum atomic E-state index is 12.0. The number of amides is 2. The van der Waals surface area contributed by atoms with Crippen LogP contribution in [0, 0.1) is 6.92 Å². The van der Waals surface area contributed by atoms with Crippen molar-refractivity contribution in [3.63, 3.8) is 0 Å². The normalized spacial score (nSPS) is 18.0. The van der Waals surface area contributed by atoms with Crippen LogP contribution in [0.1, 0.15) is 31.2 Å². The first-order valence-electron chi connectivity index (χ1n) is 7.13. The van der Waals surface area contributed by atoms with Crippen LogP contribution in [0.5, 0.6) is 0 Å². The molecule has 2 N–H and O–H groups in total. The predicted octanol–water partition coefficient (Wildman–Crippen LogP) is 2.89. The lowest BCUT2D eigenvalue weighted by Crippen LogP contribution is -2.61. The van der Waals surface area contributed by atoms with Crippen molar-refractivity contribution in [2.75, 3.05) is 13.2 Å². The van der Waals surface area contributed by atoms with Crippen molar-refractivity contribution < 1.29 is 13.9 Å². The second kappa shape index (κ2) is 5.07. The van der Waals surface area contributed by atoms with Gasteiger partial charge in [0.05, 0.1) is 24.8 Å². The highest BCUT2D eigenvalue weighted by atomic mass is 16.5. The fourth-order valence-electron chi connectivity index (χ4n) is 2.66. The molecule has 1 aromatic carbocycles. The summed E-state index contributed by atoms with van der Waals surface area (Å²) >= 11 is 0. The van der Waals surface area contributed by atoms with E-state index in [4.69, 9.17) is 9.15 Å². The molecule has 2 aromatic rings. The van der Waals surface area contributed by atoms with Gasteiger partial charge in [-0.2, -0.15) is 0 Å². The van der Waals surface area contributed by atoms with E-state index in [0.29, 0.717) is 13.2 Å². The molecular weight excluding hydrogens is 268 g/mol. The van der Waals surface area contributed by atoms with Gasteiger partial charge in [-0.3, -0.25) is 0 Å². The Morgan fingerprint density at radius 1 is 1.33 bits per heavy atom. The van der Waals surface area contributed by atoms with E-state index in [1.54, 1.807) is 0 Å². The zero-order valence-electron chi connectivity index (χ0n) is 12.5. The minimum Gasteiger partial charge on any atom is -0.459 e. The molecular formula is C16H20N2O3. The number of carbonyl (C=O) groups is 1. The number of furan rings is 1. The highest BCUT2D eigenvalue weighted by Gasteiger charge is 2.35. The van der Waals surface area contributed by atoms with E-state index >= 15 is 0 Å². The van der Waals surface area contributed by atoms with Crippen LogP contribution in [-0.4, -0.2) is 24.8 Å². The van der Waals surface area contributed by atoms with Crippen molar-refractivity contribution >= 4 is 17.0 Å². The average molecular weight is 288 g/mol. The minimum atomic E-state index is -0.257. The van der Waals surface area contributed by atoms with Crippen LogP contribution in [0.2, 0.25) is 0 Å². The van der Waals surface area contributed by atoms with E-state index in [1.165, 1.54) is 0 Å². The average Bonchev–Trinajstić information content (AvgIpc) is 2.75. The summed E-state index contributed by atoms with van der Waals surface area (Å²) in [5, 5.41) is 6.94. The highest BCUT2D eigenvalue weighted by Crippen LogP contribution is 2.29. The number of hydrogen-bond acceptors (Lipinski definition) is 3. The van der Waals surface area contributed by atoms with Crippen LogP contribution in [0.4, 0.5) is 4.79 Å². The number of ether oxygens (including phenoxy) is 1. The Morgan fingerprint density at radius 3 is 2.67 bits per heavy atom. The van der Waals surface area contributed by atoms with Crippen molar-refractivity contribution in [3.05, 3.63) is 35.6 Å². The molecule has 112 valence electrons. The van der Waals surface area contributed by atoms with Gasteiger partial charge >= 0.3 is 6.03 Å². The molecule has 1 aliphatic heterocycles. The van der Waals surface area contributed by atoms with Crippen LogP contribution in [0.15, 0.2) is 28.7 Å². The molecule has 3 rings (SSSR count). The Morgan fingerprint density at radius 2 is 2.05 bits per heavy atom. The molecule has 0 radical (unpaired) electrons. The number of fused-ring (bicyclic) bond motifs is 1. The minimum absolute atomic E-state index is 0.193. The van der Waals surface area contributed by atoms with Crippen LogP contribution >= 0.6 is 0 Å². The van der Waals surface area contributed by atoms with Crippen LogP contribution in [0.3, 0.4) is 0 Å². The van der Waals surface area contributed by atoms with Crippen LogP contribution < -0.4 is 10.6 Å². The Kier molecular flexibility index (Phi) is 3.37. The van der Waals surface area contributed by atoms with Gasteiger partial charge in [0.15, 0.2) is 0 Å². The summed E-state index contributed by atoms with van der Waals surface area (Å²) in [5.41, 5.74) is 1.65. The lowest BCUT2D eigenvalue weighted by molar-refractivity contribution is -0.0575. The predicted molar refractivity (Wildman–Crippen MR) is 80.3 cm³/mol. The van der Waals surface area contributed by atoms with Crippen molar-refractivity contribution in [1.29, 1.82) is 0 Å². The fraction of sp³-hybridized carbons (Fsp3) is 0.438. The molecule has 1 saturated heterocycles. The molecule has 2 amide bonds. The molecule has 5 nitrogen and oxygen atoms in total. The molecule has 0 bridgehead atoms. The van der Waals surface area contributed by atoms with E-state index in [1.807, 2.05) is 45.0 Å². The zero-order valence-corrected chi connectivity index (χ0v) is 12.5. The molecule has 5 heteroatoms. The molecule has 1 fully saturated rings. The van der Waals surface area contributed by atoms with Crippen LogP contribution in [-0.2, 0) is 4.74 Å². The largest absolute Gasteiger partial charge is 0.459 e. The Bertz CT molecular complexity index is 673. The first kappa shape index (κ1) is 13.9. The molecule has 21 heavy (non-hydrogen) atoms.